The molecule has 0 unspecified atom stereocenters. The quantitative estimate of drug-likeness (QED) is 0.638. The van der Waals surface area contributed by atoms with E-state index >= 15 is 0 Å². The van der Waals surface area contributed by atoms with E-state index in [1.54, 1.807) is 0 Å². The molecule has 2 heteroatoms. The Morgan fingerprint density at radius 3 is 2.53 bits per heavy atom. The number of nitrogens with zero attached hydrogens (tertiary/aromatic N) is 2. The smallest absolute Gasteiger partial charge is 0.194 e. The molecule has 1 heterocycles. The molecule has 0 fully saturated rings. The van der Waals surface area contributed by atoms with Gasteiger partial charge in [-0.25, -0.2) is 0 Å². The molecule has 0 aliphatic rings. The third-order valence-corrected chi connectivity index (χ3v) is 3.24. The highest BCUT2D eigenvalue weighted by Gasteiger charge is 2.11. The number of nitriles is 1. The molecule has 0 spiro atoms. The zero-order valence-corrected chi connectivity index (χ0v) is 10.5. The summed E-state index contributed by atoms with van der Waals surface area (Å²) in [5, 5.41) is 10.2. The number of benzene rings is 2. The Balaban J connectivity index is 2.13. The van der Waals surface area contributed by atoms with Crippen molar-refractivity contribution in [3.05, 3.63) is 78.0 Å². The third-order valence-electron chi connectivity index (χ3n) is 3.24. The molecule has 0 atom stereocenters. The standard InChI is InChI=1S/C17H13N2/c18-12-15-8-4-10-17-16(15)9-5-11-19(17)13-14-6-2-1-3-7-14/h1-11H,13H2/q+1. The number of rotatable bonds is 2. The first kappa shape index (κ1) is 11.4. The summed E-state index contributed by atoms with van der Waals surface area (Å²) in [6.07, 6.45) is 2.05. The predicted octanol–water partition coefficient (Wildman–Crippen LogP) is 3.05. The summed E-state index contributed by atoms with van der Waals surface area (Å²) in [6, 6.07) is 22.4. The van der Waals surface area contributed by atoms with E-state index in [4.69, 9.17) is 5.26 Å². The second-order valence-corrected chi connectivity index (χ2v) is 4.47. The molecule has 2 aromatic carbocycles. The fourth-order valence-electron chi connectivity index (χ4n) is 2.32. The molecule has 19 heavy (non-hydrogen) atoms. The van der Waals surface area contributed by atoms with Crippen LogP contribution in [0.4, 0.5) is 0 Å². The summed E-state index contributed by atoms with van der Waals surface area (Å²) in [6.45, 7) is 0.813. The maximum absolute atomic E-state index is 9.16. The number of fused-ring (bicyclic) bond motifs is 1. The molecule has 3 rings (SSSR count). The highest BCUT2D eigenvalue weighted by Crippen LogP contribution is 2.14. The Morgan fingerprint density at radius 2 is 1.74 bits per heavy atom. The van der Waals surface area contributed by atoms with E-state index in [0.717, 1.165) is 23.0 Å². The van der Waals surface area contributed by atoms with Crippen LogP contribution in [0.2, 0.25) is 0 Å². The molecular formula is C17H13N2+. The van der Waals surface area contributed by atoms with Crippen molar-refractivity contribution in [1.29, 1.82) is 5.26 Å². The lowest BCUT2D eigenvalue weighted by Crippen LogP contribution is -2.34. The second-order valence-electron chi connectivity index (χ2n) is 4.47. The highest BCUT2D eigenvalue weighted by molar-refractivity contribution is 5.82. The average Bonchev–Trinajstić information content (AvgIpc) is 2.48. The lowest BCUT2D eigenvalue weighted by atomic mass is 10.1. The van der Waals surface area contributed by atoms with Crippen LogP contribution in [0.15, 0.2) is 66.9 Å². The van der Waals surface area contributed by atoms with Crippen LogP contribution in [0.25, 0.3) is 10.9 Å². The summed E-state index contributed by atoms with van der Waals surface area (Å²) >= 11 is 0. The van der Waals surface area contributed by atoms with Gasteiger partial charge in [-0.2, -0.15) is 9.83 Å². The summed E-state index contributed by atoms with van der Waals surface area (Å²) in [5.41, 5.74) is 3.06. The zero-order chi connectivity index (χ0) is 13.1. The van der Waals surface area contributed by atoms with Crippen LogP contribution in [0, 0.1) is 11.3 Å². The van der Waals surface area contributed by atoms with Crippen molar-refractivity contribution in [3.63, 3.8) is 0 Å². The molecule has 2 nitrogen and oxygen atoms in total. The number of aromatic nitrogens is 1. The maximum Gasteiger partial charge on any atom is 0.214 e. The van der Waals surface area contributed by atoms with Crippen LogP contribution in [0.3, 0.4) is 0 Å². The fourth-order valence-corrected chi connectivity index (χ4v) is 2.32. The fraction of sp³-hybridized carbons (Fsp3) is 0.0588. The molecule has 90 valence electrons. The minimum absolute atomic E-state index is 0.722. The normalized spacial score (nSPS) is 10.3. The molecule has 0 radical (unpaired) electrons. The van der Waals surface area contributed by atoms with Crippen LogP contribution >= 0.6 is 0 Å². The molecule has 0 saturated carbocycles. The van der Waals surface area contributed by atoms with Gasteiger partial charge in [-0.15, -0.1) is 0 Å². The van der Waals surface area contributed by atoms with E-state index in [1.807, 2.05) is 42.5 Å². The highest BCUT2D eigenvalue weighted by atomic mass is 14.9. The number of hydrogen-bond acceptors (Lipinski definition) is 1. The van der Waals surface area contributed by atoms with Crippen LogP contribution in [0.1, 0.15) is 11.1 Å². The van der Waals surface area contributed by atoms with Crippen molar-refractivity contribution in [3.8, 4) is 6.07 Å². The Morgan fingerprint density at radius 1 is 0.895 bits per heavy atom. The van der Waals surface area contributed by atoms with Crippen molar-refractivity contribution < 1.29 is 4.57 Å². The van der Waals surface area contributed by atoms with E-state index in [0.29, 0.717) is 0 Å². The van der Waals surface area contributed by atoms with E-state index in [-0.39, 0.29) is 0 Å². The minimum atomic E-state index is 0.722. The molecule has 0 aliphatic heterocycles. The summed E-state index contributed by atoms with van der Waals surface area (Å²) in [4.78, 5) is 0. The topological polar surface area (TPSA) is 27.7 Å². The van der Waals surface area contributed by atoms with Crippen LogP contribution in [-0.4, -0.2) is 0 Å². The molecule has 0 aliphatic carbocycles. The molecule has 0 saturated heterocycles. The van der Waals surface area contributed by atoms with Crippen LogP contribution in [0.5, 0.6) is 0 Å². The lowest BCUT2D eigenvalue weighted by molar-refractivity contribution is -0.662. The zero-order valence-electron chi connectivity index (χ0n) is 10.5. The maximum atomic E-state index is 9.16. The van der Waals surface area contributed by atoms with Gasteiger partial charge in [0.15, 0.2) is 12.7 Å². The predicted molar refractivity (Wildman–Crippen MR) is 74.4 cm³/mol. The number of pyridine rings is 1. The van der Waals surface area contributed by atoms with Gasteiger partial charge in [0.25, 0.3) is 0 Å². The van der Waals surface area contributed by atoms with Gasteiger partial charge in [0.2, 0.25) is 5.52 Å². The van der Waals surface area contributed by atoms with Crippen molar-refractivity contribution >= 4 is 10.9 Å². The Labute approximate surface area is 112 Å². The monoisotopic (exact) mass is 245 g/mol. The van der Waals surface area contributed by atoms with Crippen LogP contribution in [-0.2, 0) is 6.54 Å². The molecule has 3 aromatic rings. The second kappa shape index (κ2) is 4.91. The SMILES string of the molecule is N#Cc1cccc2c1ccc[n+]2Cc1ccccc1. The Hall–Kier alpha value is -2.66. The number of hydrogen-bond donors (Lipinski definition) is 0. The summed E-state index contributed by atoms with van der Waals surface area (Å²) < 4.78 is 2.17. The first-order valence-electron chi connectivity index (χ1n) is 6.24. The third kappa shape index (κ3) is 2.19. The van der Waals surface area contributed by atoms with Gasteiger partial charge < -0.3 is 0 Å². The van der Waals surface area contributed by atoms with Gasteiger partial charge >= 0.3 is 0 Å². The van der Waals surface area contributed by atoms with Gasteiger partial charge in [-0.3, -0.25) is 0 Å². The minimum Gasteiger partial charge on any atom is -0.194 e. The van der Waals surface area contributed by atoms with Crippen LogP contribution < -0.4 is 4.57 Å². The van der Waals surface area contributed by atoms with Gasteiger partial charge in [0, 0.05) is 17.7 Å². The molecule has 1 aromatic heterocycles. The van der Waals surface area contributed by atoms with E-state index in [1.165, 1.54) is 5.56 Å². The van der Waals surface area contributed by atoms with Crippen molar-refractivity contribution in [1.82, 2.24) is 0 Å². The van der Waals surface area contributed by atoms with Crippen molar-refractivity contribution in [2.75, 3.05) is 0 Å². The Kier molecular flexibility index (Phi) is 2.96. The van der Waals surface area contributed by atoms with E-state index in [2.05, 4.69) is 35.0 Å². The first-order chi connectivity index (χ1) is 9.38. The average molecular weight is 245 g/mol. The van der Waals surface area contributed by atoms with E-state index in [9.17, 15) is 0 Å². The summed E-state index contributed by atoms with van der Waals surface area (Å²) in [7, 11) is 0. The molecule has 0 bridgehead atoms. The lowest BCUT2D eigenvalue weighted by Gasteiger charge is -2.02. The first-order valence-corrected chi connectivity index (χ1v) is 6.24. The van der Waals surface area contributed by atoms with Crippen molar-refractivity contribution in [2.45, 2.75) is 6.54 Å². The summed E-state index contributed by atoms with van der Waals surface area (Å²) in [5.74, 6) is 0. The molecule has 0 amide bonds. The molecule has 0 N–H and O–H groups in total. The van der Waals surface area contributed by atoms with Crippen molar-refractivity contribution in [2.24, 2.45) is 0 Å². The van der Waals surface area contributed by atoms with Gasteiger partial charge in [-0.05, 0) is 12.1 Å². The molecular weight excluding hydrogens is 232 g/mol. The largest absolute Gasteiger partial charge is 0.214 e. The Bertz CT molecular complexity index is 755. The van der Waals surface area contributed by atoms with Gasteiger partial charge in [0.1, 0.15) is 6.07 Å². The van der Waals surface area contributed by atoms with E-state index < -0.39 is 0 Å². The van der Waals surface area contributed by atoms with Gasteiger partial charge in [0.05, 0.1) is 10.9 Å². The van der Waals surface area contributed by atoms with Gasteiger partial charge in [-0.1, -0.05) is 36.4 Å².